The molecule has 2 atom stereocenters. The van der Waals surface area contributed by atoms with Crippen molar-refractivity contribution in [3.8, 4) is 23.0 Å². The van der Waals surface area contributed by atoms with Crippen molar-refractivity contribution in [1.82, 2.24) is 0 Å². The smallest absolute Gasteiger partial charge is 0.200 e. The molecule has 0 aromatic heterocycles. The third kappa shape index (κ3) is 9.43. The van der Waals surface area contributed by atoms with Gasteiger partial charge in [0.15, 0.2) is 0 Å². The molecule has 6 aromatic rings. The number of methoxy groups -OCH3 is 4. The molecule has 0 heterocycles. The summed E-state index contributed by atoms with van der Waals surface area (Å²) in [7, 11) is 6.60. The monoisotopic (exact) mass is 941 g/mol. The van der Waals surface area contributed by atoms with Crippen LogP contribution < -0.4 is 18.9 Å². The number of ether oxygens (including phenoxy) is 4. The minimum atomic E-state index is -0.494. The van der Waals surface area contributed by atoms with E-state index in [0.717, 1.165) is 77.9 Å². The van der Waals surface area contributed by atoms with Gasteiger partial charge in [-0.05, 0) is 118 Å². The largest absolute Gasteiger partial charge is 0.496 e. The molecule has 0 saturated heterocycles. The van der Waals surface area contributed by atoms with Crippen LogP contribution in [0.5, 0.6) is 23.0 Å². The second-order valence-electron chi connectivity index (χ2n) is 23.8. The summed E-state index contributed by atoms with van der Waals surface area (Å²) >= 11 is 0. The first-order chi connectivity index (χ1) is 32.5. The average Bonchev–Trinajstić information content (AvgIpc) is 3.27. The second kappa shape index (κ2) is 18.6. The van der Waals surface area contributed by atoms with Crippen LogP contribution in [-0.4, -0.2) is 40.0 Å². The zero-order chi connectivity index (χ0) is 51.7. The highest BCUT2D eigenvalue weighted by Gasteiger charge is 2.39. The van der Waals surface area contributed by atoms with Crippen molar-refractivity contribution in [3.05, 3.63) is 185 Å². The maximum Gasteiger partial charge on any atom is 0.200 e. The van der Waals surface area contributed by atoms with Crippen LogP contribution in [0.4, 0.5) is 0 Å². The number of ketones is 2. The fraction of sp³-hybridized carbons (Fsp3) is 0.406. The molecule has 0 unspecified atom stereocenters. The Balaban J connectivity index is 1.88. The van der Waals surface area contributed by atoms with Gasteiger partial charge in [0.1, 0.15) is 23.0 Å². The van der Waals surface area contributed by atoms with Crippen LogP contribution in [0.2, 0.25) is 0 Å². The Morgan fingerprint density at radius 3 is 0.857 bits per heavy atom. The summed E-state index contributed by atoms with van der Waals surface area (Å²) in [5.74, 6) is 0.182. The number of rotatable bonds is 6. The van der Waals surface area contributed by atoms with E-state index in [9.17, 15) is 0 Å². The van der Waals surface area contributed by atoms with E-state index >= 15 is 9.59 Å². The van der Waals surface area contributed by atoms with Gasteiger partial charge in [-0.3, -0.25) is 9.59 Å². The molecule has 0 saturated carbocycles. The Kier molecular flexibility index (Phi) is 13.7. The third-order valence-corrected chi connectivity index (χ3v) is 14.4. The molecule has 6 nitrogen and oxygen atoms in total. The molecular weight excluding hydrogens is 865 g/mol. The van der Waals surface area contributed by atoms with Crippen molar-refractivity contribution in [2.75, 3.05) is 28.4 Å². The highest BCUT2D eigenvalue weighted by Crippen LogP contribution is 2.53. The maximum atomic E-state index is 16.1. The van der Waals surface area contributed by atoms with Gasteiger partial charge in [-0.2, -0.15) is 0 Å². The maximum absolute atomic E-state index is 16.1. The predicted molar refractivity (Wildman–Crippen MR) is 287 cm³/mol. The molecule has 6 heteroatoms. The third-order valence-electron chi connectivity index (χ3n) is 14.4. The number of carbonyl (C=O) groups excluding carboxylic acids is 2. The molecule has 70 heavy (non-hydrogen) atoms. The Bertz CT molecular complexity index is 2860. The van der Waals surface area contributed by atoms with Crippen LogP contribution in [0, 0.1) is 27.7 Å². The van der Waals surface area contributed by atoms with Gasteiger partial charge in [-0.15, -0.1) is 0 Å². The molecule has 1 aliphatic rings. The fourth-order valence-corrected chi connectivity index (χ4v) is 10.4. The number of carbonyl (C=O) groups is 2. The molecule has 6 aromatic carbocycles. The molecule has 0 radical (unpaired) electrons. The van der Waals surface area contributed by atoms with E-state index < -0.39 is 28.1 Å². The van der Waals surface area contributed by atoms with E-state index in [4.69, 9.17) is 18.9 Å². The lowest BCUT2D eigenvalue weighted by molar-refractivity contribution is 0.103. The van der Waals surface area contributed by atoms with Gasteiger partial charge in [-0.1, -0.05) is 155 Å². The standard InChI is InChI=1S/C64H76O6/c1-35-21-23-43(37(3)25-35)53-45-27-39(61(5,6)7)28-46(57(45)67-17)54(44-24-22-36(2)26-38(44)4)48-30-41(63(11,12)13)32-50(59(48)69-19)56(66)52-34-42(64(14,15)16)33-51(60(52)70-20)55(65)49-31-40(62(8,9)10)29-47(53)58(49)68-18/h21-34,53-54H,1-20H3/t53-,54+. The molecule has 368 valence electrons. The average molecular weight is 941 g/mol. The lowest BCUT2D eigenvalue weighted by Gasteiger charge is -2.34. The van der Waals surface area contributed by atoms with Crippen LogP contribution in [-0.2, 0) is 21.7 Å². The topological polar surface area (TPSA) is 71.1 Å². The summed E-state index contributed by atoms with van der Waals surface area (Å²) in [6.45, 7) is 34.6. The first kappa shape index (κ1) is 51.7. The Labute approximate surface area is 419 Å². The van der Waals surface area contributed by atoms with Crippen molar-refractivity contribution < 1.29 is 28.5 Å². The SMILES string of the molecule is COc1c2cc(C(C)(C)C)cc1C(=O)c1cc(C(C)(C)C)cc(c1OC)[C@H](c1ccc(C)cc1C)c1cc(C(C)(C)C)cc(c1OC)[C@H](c1ccc(C)cc1C)c1cc(C(C)(C)C)cc(c1OC)C2=O. The molecule has 1 aliphatic carbocycles. The van der Waals surface area contributed by atoms with E-state index in [-0.39, 0.29) is 33.9 Å². The van der Waals surface area contributed by atoms with Crippen LogP contribution in [0.3, 0.4) is 0 Å². The summed E-state index contributed by atoms with van der Waals surface area (Å²) in [5.41, 5.74) is 13.6. The Hall–Kier alpha value is -6.14. The minimum Gasteiger partial charge on any atom is -0.496 e. The highest BCUT2D eigenvalue weighted by molar-refractivity contribution is 6.18. The van der Waals surface area contributed by atoms with Crippen LogP contribution in [0.1, 0.15) is 205 Å². The Morgan fingerprint density at radius 2 is 0.586 bits per heavy atom. The quantitative estimate of drug-likeness (QED) is 0.165. The van der Waals surface area contributed by atoms with Crippen LogP contribution in [0.25, 0.3) is 0 Å². The molecule has 0 amide bonds. The molecule has 0 spiro atoms. The zero-order valence-corrected chi connectivity index (χ0v) is 45.7. The van der Waals surface area contributed by atoms with Gasteiger partial charge in [0.05, 0.1) is 50.7 Å². The van der Waals surface area contributed by atoms with E-state index in [1.54, 1.807) is 28.4 Å². The molecular formula is C64H76O6. The van der Waals surface area contributed by atoms with Crippen LogP contribution >= 0.6 is 0 Å². The predicted octanol–water partition coefficient (Wildman–Crippen LogP) is 15.3. The van der Waals surface area contributed by atoms with Gasteiger partial charge in [0.25, 0.3) is 0 Å². The van der Waals surface area contributed by atoms with E-state index in [1.807, 2.05) is 24.3 Å². The van der Waals surface area contributed by atoms with Crippen molar-refractivity contribution in [2.45, 2.75) is 144 Å². The van der Waals surface area contributed by atoms with Gasteiger partial charge >= 0.3 is 0 Å². The molecule has 0 aliphatic heterocycles. The van der Waals surface area contributed by atoms with Gasteiger partial charge in [0, 0.05) is 34.1 Å². The molecule has 0 N–H and O–H groups in total. The molecule has 0 fully saturated rings. The number of fused-ring (bicyclic) bond motifs is 8. The van der Waals surface area contributed by atoms with Crippen LogP contribution in [0.15, 0.2) is 84.9 Å². The first-order valence-electron chi connectivity index (χ1n) is 24.7. The first-order valence-corrected chi connectivity index (χ1v) is 24.7. The summed E-state index contributed by atoms with van der Waals surface area (Å²) < 4.78 is 26.5. The number of hydrogen-bond donors (Lipinski definition) is 0. The van der Waals surface area contributed by atoms with Crippen molar-refractivity contribution in [3.63, 3.8) is 0 Å². The van der Waals surface area contributed by atoms with Gasteiger partial charge < -0.3 is 18.9 Å². The van der Waals surface area contributed by atoms with E-state index in [0.29, 0.717) is 28.4 Å². The highest BCUT2D eigenvalue weighted by atomic mass is 16.5. The number of benzene rings is 6. The Morgan fingerprint density at radius 1 is 0.329 bits per heavy atom. The lowest BCUT2D eigenvalue weighted by atomic mass is 9.72. The summed E-state index contributed by atoms with van der Waals surface area (Å²) in [6.07, 6.45) is 0. The van der Waals surface area contributed by atoms with E-state index in [2.05, 4.69) is 171 Å². The lowest BCUT2D eigenvalue weighted by Crippen LogP contribution is -2.22. The van der Waals surface area contributed by atoms with E-state index in [1.165, 1.54) is 0 Å². The van der Waals surface area contributed by atoms with Gasteiger partial charge in [-0.25, -0.2) is 0 Å². The number of hydrogen-bond acceptors (Lipinski definition) is 6. The molecule has 8 bridgehead atoms. The van der Waals surface area contributed by atoms with Crippen molar-refractivity contribution in [1.29, 1.82) is 0 Å². The summed E-state index contributed by atoms with van der Waals surface area (Å²) in [5, 5.41) is 0. The summed E-state index contributed by atoms with van der Waals surface area (Å²) in [6, 6.07) is 30.1. The second-order valence-corrected chi connectivity index (χ2v) is 23.8. The van der Waals surface area contributed by atoms with Crippen molar-refractivity contribution >= 4 is 11.6 Å². The van der Waals surface area contributed by atoms with Gasteiger partial charge in [0.2, 0.25) is 11.6 Å². The summed E-state index contributed by atoms with van der Waals surface area (Å²) in [4.78, 5) is 32.1. The normalized spacial score (nSPS) is 15.5. The number of aryl methyl sites for hydroxylation is 4. The molecule has 7 rings (SSSR count). The fourth-order valence-electron chi connectivity index (χ4n) is 10.4. The van der Waals surface area contributed by atoms with Crippen molar-refractivity contribution in [2.24, 2.45) is 0 Å². The zero-order valence-electron chi connectivity index (χ0n) is 45.7. The minimum absolute atomic E-state index is 0.197.